The van der Waals surface area contributed by atoms with Crippen LogP contribution in [0.3, 0.4) is 0 Å². The molecular weight excluding hydrogens is 192 g/mol. The maximum atomic E-state index is 10.7. The van der Waals surface area contributed by atoms with Crippen LogP contribution in [0.15, 0.2) is 30.3 Å². The standard InChI is InChI=1S/C12H14O3/c1-12(7-10(12)11(13)14)15-8-9-5-3-2-4-6-9/h2-6,10H,7-8H2,1H3,(H,13,14)/t10-,12-/m1/s1. The molecule has 3 nitrogen and oxygen atoms in total. The van der Waals surface area contributed by atoms with Gasteiger partial charge in [-0.1, -0.05) is 30.3 Å². The van der Waals surface area contributed by atoms with Crippen LogP contribution < -0.4 is 0 Å². The van der Waals surface area contributed by atoms with Crippen LogP contribution in [0.1, 0.15) is 18.9 Å². The Balaban J connectivity index is 1.88. The third-order valence-corrected chi connectivity index (χ3v) is 2.90. The van der Waals surface area contributed by atoms with E-state index in [0.717, 1.165) is 5.56 Å². The summed E-state index contributed by atoms with van der Waals surface area (Å²) in [6.45, 7) is 2.34. The summed E-state index contributed by atoms with van der Waals surface area (Å²) >= 11 is 0. The van der Waals surface area contributed by atoms with E-state index in [1.807, 2.05) is 37.3 Å². The molecule has 1 aliphatic carbocycles. The van der Waals surface area contributed by atoms with Gasteiger partial charge in [-0.05, 0) is 18.9 Å². The molecule has 0 aliphatic heterocycles. The van der Waals surface area contributed by atoms with E-state index in [-0.39, 0.29) is 5.92 Å². The van der Waals surface area contributed by atoms with Crippen LogP contribution in [0.4, 0.5) is 0 Å². The van der Waals surface area contributed by atoms with E-state index < -0.39 is 11.6 Å². The molecule has 0 aromatic heterocycles. The van der Waals surface area contributed by atoms with Crippen LogP contribution in [0, 0.1) is 5.92 Å². The molecule has 1 aliphatic rings. The van der Waals surface area contributed by atoms with Crippen molar-refractivity contribution < 1.29 is 14.6 Å². The van der Waals surface area contributed by atoms with Crippen LogP contribution in [0.25, 0.3) is 0 Å². The zero-order valence-electron chi connectivity index (χ0n) is 8.64. The Morgan fingerprint density at radius 2 is 2.20 bits per heavy atom. The number of aliphatic carboxylic acids is 1. The van der Waals surface area contributed by atoms with Gasteiger partial charge in [0, 0.05) is 0 Å². The summed E-state index contributed by atoms with van der Waals surface area (Å²) in [7, 11) is 0. The summed E-state index contributed by atoms with van der Waals surface area (Å²) in [6, 6.07) is 9.79. The molecule has 0 bridgehead atoms. The van der Waals surface area contributed by atoms with Gasteiger partial charge >= 0.3 is 5.97 Å². The fourth-order valence-corrected chi connectivity index (χ4v) is 1.68. The molecule has 1 saturated carbocycles. The second kappa shape index (κ2) is 3.66. The molecule has 80 valence electrons. The Bertz CT molecular complexity index is 360. The van der Waals surface area contributed by atoms with Crippen molar-refractivity contribution in [1.29, 1.82) is 0 Å². The number of carboxylic acids is 1. The lowest BCUT2D eigenvalue weighted by Crippen LogP contribution is -2.16. The van der Waals surface area contributed by atoms with Crippen LogP contribution >= 0.6 is 0 Å². The number of rotatable bonds is 4. The van der Waals surface area contributed by atoms with Gasteiger partial charge < -0.3 is 9.84 Å². The minimum atomic E-state index is -0.759. The van der Waals surface area contributed by atoms with Crippen LogP contribution in [0.5, 0.6) is 0 Å². The third-order valence-electron chi connectivity index (χ3n) is 2.90. The van der Waals surface area contributed by atoms with Crippen molar-refractivity contribution in [2.75, 3.05) is 0 Å². The summed E-state index contributed by atoms with van der Waals surface area (Å²) in [5.41, 5.74) is 0.622. The van der Waals surface area contributed by atoms with Crippen molar-refractivity contribution >= 4 is 5.97 Å². The Hall–Kier alpha value is -1.35. The van der Waals surface area contributed by atoms with Crippen molar-refractivity contribution in [2.45, 2.75) is 25.6 Å². The number of benzene rings is 1. The van der Waals surface area contributed by atoms with Crippen LogP contribution in [-0.2, 0) is 16.1 Å². The predicted octanol–water partition coefficient (Wildman–Crippen LogP) is 2.07. The van der Waals surface area contributed by atoms with E-state index in [1.165, 1.54) is 0 Å². The van der Waals surface area contributed by atoms with E-state index in [2.05, 4.69) is 0 Å². The quantitative estimate of drug-likeness (QED) is 0.820. The first-order valence-corrected chi connectivity index (χ1v) is 5.02. The first-order chi connectivity index (χ1) is 7.12. The fourth-order valence-electron chi connectivity index (χ4n) is 1.68. The molecule has 0 heterocycles. The zero-order valence-corrected chi connectivity index (χ0v) is 8.64. The second-order valence-electron chi connectivity index (χ2n) is 4.18. The van der Waals surface area contributed by atoms with E-state index >= 15 is 0 Å². The molecular formula is C12H14O3. The van der Waals surface area contributed by atoms with Gasteiger partial charge in [0.25, 0.3) is 0 Å². The molecule has 2 atom stereocenters. The molecule has 0 radical (unpaired) electrons. The lowest BCUT2D eigenvalue weighted by Gasteiger charge is -2.11. The number of ether oxygens (including phenoxy) is 1. The van der Waals surface area contributed by atoms with Gasteiger partial charge in [-0.3, -0.25) is 4.79 Å². The zero-order chi connectivity index (χ0) is 10.9. The molecule has 0 amide bonds. The van der Waals surface area contributed by atoms with Crippen LogP contribution in [-0.4, -0.2) is 16.7 Å². The maximum absolute atomic E-state index is 10.7. The Labute approximate surface area is 88.7 Å². The lowest BCUT2D eigenvalue weighted by molar-refractivity contribution is -0.141. The maximum Gasteiger partial charge on any atom is 0.309 e. The van der Waals surface area contributed by atoms with Gasteiger partial charge in [-0.2, -0.15) is 0 Å². The number of hydrogen-bond acceptors (Lipinski definition) is 2. The van der Waals surface area contributed by atoms with Gasteiger partial charge in [-0.25, -0.2) is 0 Å². The first kappa shape index (κ1) is 10.2. The summed E-state index contributed by atoms with van der Waals surface area (Å²) < 4.78 is 5.62. The smallest absolute Gasteiger partial charge is 0.309 e. The number of carbonyl (C=O) groups is 1. The minimum Gasteiger partial charge on any atom is -0.481 e. The highest BCUT2D eigenvalue weighted by Crippen LogP contribution is 2.47. The molecule has 0 unspecified atom stereocenters. The third kappa shape index (κ3) is 2.18. The normalized spacial score (nSPS) is 28.7. The fraction of sp³-hybridized carbons (Fsp3) is 0.417. The molecule has 1 N–H and O–H groups in total. The summed E-state index contributed by atoms with van der Waals surface area (Å²) in [4.78, 5) is 10.7. The molecule has 1 fully saturated rings. The van der Waals surface area contributed by atoms with Crippen molar-refractivity contribution in [1.82, 2.24) is 0 Å². The SMILES string of the molecule is C[C@@]1(OCc2ccccc2)C[C@@H]1C(=O)O. The average molecular weight is 206 g/mol. The molecule has 1 aromatic rings. The first-order valence-electron chi connectivity index (χ1n) is 5.02. The summed E-state index contributed by atoms with van der Waals surface area (Å²) in [5, 5.41) is 8.81. The van der Waals surface area contributed by atoms with E-state index in [0.29, 0.717) is 13.0 Å². The largest absolute Gasteiger partial charge is 0.481 e. The highest BCUT2D eigenvalue weighted by Gasteiger charge is 2.56. The van der Waals surface area contributed by atoms with Gasteiger partial charge in [0.2, 0.25) is 0 Å². The molecule has 1 aromatic carbocycles. The minimum absolute atomic E-state index is 0.332. The second-order valence-corrected chi connectivity index (χ2v) is 4.18. The molecule has 15 heavy (non-hydrogen) atoms. The highest BCUT2D eigenvalue weighted by molar-refractivity contribution is 5.75. The molecule has 2 rings (SSSR count). The summed E-state index contributed by atoms with van der Waals surface area (Å²) in [5.74, 6) is -1.09. The monoisotopic (exact) mass is 206 g/mol. The van der Waals surface area contributed by atoms with Gasteiger partial charge in [-0.15, -0.1) is 0 Å². The lowest BCUT2D eigenvalue weighted by atomic mass is 10.2. The van der Waals surface area contributed by atoms with Gasteiger partial charge in [0.05, 0.1) is 18.1 Å². The van der Waals surface area contributed by atoms with Gasteiger partial charge in [0.1, 0.15) is 0 Å². The van der Waals surface area contributed by atoms with E-state index in [4.69, 9.17) is 9.84 Å². The average Bonchev–Trinajstić information content (AvgIpc) is 2.91. The van der Waals surface area contributed by atoms with Crippen molar-refractivity contribution in [3.05, 3.63) is 35.9 Å². The Kier molecular flexibility index (Phi) is 2.49. The van der Waals surface area contributed by atoms with Crippen molar-refractivity contribution in [2.24, 2.45) is 5.92 Å². The highest BCUT2D eigenvalue weighted by atomic mass is 16.5. The molecule has 3 heteroatoms. The summed E-state index contributed by atoms with van der Waals surface area (Å²) in [6.07, 6.45) is 0.620. The van der Waals surface area contributed by atoms with Gasteiger partial charge in [0.15, 0.2) is 0 Å². The number of hydrogen-bond donors (Lipinski definition) is 1. The number of carboxylic acid groups (broad SMARTS) is 1. The molecule has 0 saturated heterocycles. The Morgan fingerprint density at radius 3 is 2.73 bits per heavy atom. The van der Waals surface area contributed by atoms with Crippen LogP contribution in [0.2, 0.25) is 0 Å². The van der Waals surface area contributed by atoms with Crippen molar-refractivity contribution in [3.63, 3.8) is 0 Å². The molecule has 0 spiro atoms. The Morgan fingerprint density at radius 1 is 1.53 bits per heavy atom. The topological polar surface area (TPSA) is 46.5 Å². The van der Waals surface area contributed by atoms with E-state index in [1.54, 1.807) is 0 Å². The predicted molar refractivity (Wildman–Crippen MR) is 55.4 cm³/mol. The van der Waals surface area contributed by atoms with E-state index in [9.17, 15) is 4.79 Å². The van der Waals surface area contributed by atoms with Crippen molar-refractivity contribution in [3.8, 4) is 0 Å².